The van der Waals surface area contributed by atoms with Crippen LogP contribution in [0, 0.1) is 5.92 Å². The van der Waals surface area contributed by atoms with Crippen molar-refractivity contribution in [1.82, 2.24) is 20.0 Å². The van der Waals surface area contributed by atoms with Crippen molar-refractivity contribution in [2.45, 2.75) is 25.5 Å². The number of hydrogen-bond donors (Lipinski definition) is 1. The van der Waals surface area contributed by atoms with Crippen LogP contribution in [0.15, 0.2) is 24.5 Å². The van der Waals surface area contributed by atoms with Gasteiger partial charge >= 0.3 is 0 Å². The fraction of sp³-hybridized carbons (Fsp3) is 0.462. The average Bonchev–Trinajstić information content (AvgIpc) is 3.19. The zero-order valence-corrected chi connectivity index (χ0v) is 10.7. The van der Waals surface area contributed by atoms with Crippen LogP contribution in [0.2, 0.25) is 0 Å². The fourth-order valence-electron chi connectivity index (χ4n) is 2.02. The molecule has 0 bridgehead atoms. The first kappa shape index (κ1) is 12.1. The number of hydrogen-bond acceptors (Lipinski definition) is 5. The highest BCUT2D eigenvalue weighted by molar-refractivity contribution is 5.22. The molecule has 0 spiro atoms. The van der Waals surface area contributed by atoms with Crippen LogP contribution in [0.1, 0.15) is 30.3 Å². The van der Waals surface area contributed by atoms with Crippen LogP contribution in [0.3, 0.4) is 0 Å². The van der Waals surface area contributed by atoms with Crippen LogP contribution < -0.4 is 4.74 Å². The minimum atomic E-state index is -0.480. The van der Waals surface area contributed by atoms with Gasteiger partial charge in [-0.1, -0.05) is 5.21 Å². The summed E-state index contributed by atoms with van der Waals surface area (Å²) in [4.78, 5) is 4.25. The Kier molecular flexibility index (Phi) is 3.16. The van der Waals surface area contributed by atoms with Gasteiger partial charge in [0.05, 0.1) is 25.5 Å². The lowest BCUT2D eigenvalue weighted by molar-refractivity contribution is 0.149. The van der Waals surface area contributed by atoms with E-state index in [1.165, 1.54) is 0 Å². The predicted molar refractivity (Wildman–Crippen MR) is 67.6 cm³/mol. The van der Waals surface area contributed by atoms with Crippen molar-refractivity contribution >= 4 is 0 Å². The Morgan fingerprint density at radius 1 is 1.53 bits per heavy atom. The van der Waals surface area contributed by atoms with Gasteiger partial charge < -0.3 is 9.84 Å². The first-order chi connectivity index (χ1) is 9.26. The quantitative estimate of drug-likeness (QED) is 0.873. The number of aliphatic hydroxyl groups excluding tert-OH is 1. The summed E-state index contributed by atoms with van der Waals surface area (Å²) in [5.41, 5.74) is 1.49. The summed E-state index contributed by atoms with van der Waals surface area (Å²) in [6.07, 6.45) is 5.15. The molecule has 6 heteroatoms. The first-order valence-electron chi connectivity index (χ1n) is 6.33. The predicted octanol–water partition coefficient (Wildman–Crippen LogP) is 1.17. The molecule has 1 saturated carbocycles. The van der Waals surface area contributed by atoms with Gasteiger partial charge in [0, 0.05) is 12.3 Å². The molecule has 1 aliphatic rings. The van der Waals surface area contributed by atoms with Crippen molar-refractivity contribution in [3.05, 3.63) is 35.9 Å². The van der Waals surface area contributed by atoms with Gasteiger partial charge in [-0.05, 0) is 24.8 Å². The highest BCUT2D eigenvalue weighted by atomic mass is 16.5. The summed E-state index contributed by atoms with van der Waals surface area (Å²) < 4.78 is 6.83. The Bertz CT molecular complexity index is 565. The van der Waals surface area contributed by atoms with Gasteiger partial charge in [0.1, 0.15) is 17.5 Å². The Balaban J connectivity index is 1.72. The summed E-state index contributed by atoms with van der Waals surface area (Å²) in [6, 6.07) is 3.66. The van der Waals surface area contributed by atoms with E-state index in [2.05, 4.69) is 15.3 Å². The SMILES string of the molecule is COc1ccnc(Cn2cc(C(O)C3CC3)nn2)c1. The fourth-order valence-corrected chi connectivity index (χ4v) is 2.02. The van der Waals surface area contributed by atoms with Gasteiger partial charge in [-0.15, -0.1) is 5.10 Å². The van der Waals surface area contributed by atoms with Crippen LogP contribution in [0.5, 0.6) is 5.75 Å². The third-order valence-corrected chi connectivity index (χ3v) is 3.28. The summed E-state index contributed by atoms with van der Waals surface area (Å²) in [6.45, 7) is 0.515. The molecule has 100 valence electrons. The van der Waals surface area contributed by atoms with E-state index in [0.29, 0.717) is 18.2 Å². The minimum Gasteiger partial charge on any atom is -0.497 e. The summed E-state index contributed by atoms with van der Waals surface area (Å²) in [7, 11) is 1.62. The second-order valence-electron chi connectivity index (χ2n) is 4.81. The van der Waals surface area contributed by atoms with E-state index < -0.39 is 6.10 Å². The number of aromatic nitrogens is 4. The van der Waals surface area contributed by atoms with Crippen LogP contribution in [0.4, 0.5) is 0 Å². The Morgan fingerprint density at radius 3 is 3.11 bits per heavy atom. The van der Waals surface area contributed by atoms with Gasteiger partial charge in [0.15, 0.2) is 0 Å². The monoisotopic (exact) mass is 260 g/mol. The number of nitrogens with zero attached hydrogens (tertiary/aromatic N) is 4. The molecule has 2 aromatic heterocycles. The standard InChI is InChI=1S/C13H16N4O2/c1-19-11-4-5-14-10(6-11)7-17-8-12(15-16-17)13(18)9-2-3-9/h4-6,8-9,13,18H,2-3,7H2,1H3. The minimum absolute atomic E-state index is 0.361. The molecule has 1 fully saturated rings. The summed E-state index contributed by atoms with van der Waals surface area (Å²) in [5.74, 6) is 1.13. The van der Waals surface area contributed by atoms with E-state index in [1.54, 1.807) is 30.3 Å². The molecule has 0 saturated heterocycles. The zero-order valence-electron chi connectivity index (χ0n) is 10.7. The number of methoxy groups -OCH3 is 1. The van der Waals surface area contributed by atoms with Gasteiger partial charge in [-0.2, -0.15) is 0 Å². The van der Waals surface area contributed by atoms with Crippen molar-refractivity contribution < 1.29 is 9.84 Å². The maximum Gasteiger partial charge on any atom is 0.122 e. The molecule has 2 aromatic rings. The lowest BCUT2D eigenvalue weighted by atomic mass is 10.2. The highest BCUT2D eigenvalue weighted by Crippen LogP contribution is 2.40. The van der Waals surface area contributed by atoms with Gasteiger partial charge in [0.25, 0.3) is 0 Å². The topological polar surface area (TPSA) is 73.1 Å². The molecular weight excluding hydrogens is 244 g/mol. The average molecular weight is 260 g/mol. The number of ether oxygens (including phenoxy) is 1. The second kappa shape index (κ2) is 4.97. The van der Waals surface area contributed by atoms with Crippen LogP contribution in [-0.2, 0) is 6.54 Å². The highest BCUT2D eigenvalue weighted by Gasteiger charge is 2.32. The Labute approximate surface area is 111 Å². The van der Waals surface area contributed by atoms with Gasteiger partial charge in [-0.3, -0.25) is 4.98 Å². The molecule has 6 nitrogen and oxygen atoms in total. The van der Waals surface area contributed by atoms with Crippen molar-refractivity contribution in [1.29, 1.82) is 0 Å². The first-order valence-corrected chi connectivity index (χ1v) is 6.33. The largest absolute Gasteiger partial charge is 0.497 e. The molecule has 0 aromatic carbocycles. The van der Waals surface area contributed by atoms with Crippen molar-refractivity contribution in [3.63, 3.8) is 0 Å². The van der Waals surface area contributed by atoms with Gasteiger partial charge in [0.2, 0.25) is 0 Å². The zero-order chi connectivity index (χ0) is 13.2. The number of aliphatic hydroxyl groups is 1. The number of pyridine rings is 1. The number of rotatable bonds is 5. The maximum absolute atomic E-state index is 9.97. The van der Waals surface area contributed by atoms with E-state index >= 15 is 0 Å². The molecular formula is C13H16N4O2. The maximum atomic E-state index is 9.97. The molecule has 0 radical (unpaired) electrons. The lowest BCUT2D eigenvalue weighted by Gasteiger charge is -2.04. The second-order valence-corrected chi connectivity index (χ2v) is 4.81. The van der Waals surface area contributed by atoms with Crippen molar-refractivity contribution in [2.24, 2.45) is 5.92 Å². The van der Waals surface area contributed by atoms with E-state index in [9.17, 15) is 5.11 Å². The molecule has 19 heavy (non-hydrogen) atoms. The molecule has 3 rings (SSSR count). The van der Waals surface area contributed by atoms with Crippen LogP contribution in [-0.4, -0.2) is 32.2 Å². The van der Waals surface area contributed by atoms with E-state index in [4.69, 9.17) is 4.74 Å². The van der Waals surface area contributed by atoms with Crippen LogP contribution in [0.25, 0.3) is 0 Å². The van der Waals surface area contributed by atoms with Crippen LogP contribution >= 0.6 is 0 Å². The Hall–Kier alpha value is -1.95. The lowest BCUT2D eigenvalue weighted by Crippen LogP contribution is -2.03. The molecule has 1 aliphatic carbocycles. The third kappa shape index (κ3) is 2.73. The molecule has 1 unspecified atom stereocenters. The van der Waals surface area contributed by atoms with E-state index in [-0.39, 0.29) is 0 Å². The normalized spacial score (nSPS) is 16.3. The Morgan fingerprint density at radius 2 is 2.37 bits per heavy atom. The summed E-state index contributed by atoms with van der Waals surface area (Å²) in [5, 5.41) is 18.0. The summed E-state index contributed by atoms with van der Waals surface area (Å²) >= 11 is 0. The smallest absolute Gasteiger partial charge is 0.122 e. The van der Waals surface area contributed by atoms with Gasteiger partial charge in [-0.25, -0.2) is 4.68 Å². The molecule has 1 atom stereocenters. The molecule has 2 heterocycles. The molecule has 0 amide bonds. The molecule has 1 N–H and O–H groups in total. The van der Waals surface area contributed by atoms with E-state index in [1.807, 2.05) is 6.07 Å². The van der Waals surface area contributed by atoms with E-state index in [0.717, 1.165) is 24.3 Å². The third-order valence-electron chi connectivity index (χ3n) is 3.28. The molecule has 0 aliphatic heterocycles. The van der Waals surface area contributed by atoms with Crippen molar-refractivity contribution in [3.8, 4) is 5.75 Å². The van der Waals surface area contributed by atoms with Crippen molar-refractivity contribution in [2.75, 3.05) is 7.11 Å².